The van der Waals surface area contributed by atoms with Crippen LogP contribution in [-0.2, 0) is 6.18 Å². The maximum atomic E-state index is 13.8. The van der Waals surface area contributed by atoms with E-state index in [1.807, 2.05) is 14.0 Å². The molecule has 0 unspecified atom stereocenters. The standard InChI is InChI=1S/C19H23F3N4O/c1-13-3-5-15(6-4-13)26-17(19(20,21)22)16(12-24-26)18(27)25-9-7-14(8-10-25)11-23-2/h3-6,12,14,23H,7-11H2,1-2H3. The van der Waals surface area contributed by atoms with E-state index in [1.54, 1.807) is 24.3 Å². The van der Waals surface area contributed by atoms with Gasteiger partial charge in [0.1, 0.15) is 0 Å². The first-order chi connectivity index (χ1) is 12.8. The Kier molecular flexibility index (Phi) is 5.55. The van der Waals surface area contributed by atoms with Crippen LogP contribution < -0.4 is 5.32 Å². The van der Waals surface area contributed by atoms with E-state index < -0.39 is 23.3 Å². The van der Waals surface area contributed by atoms with Crippen LogP contribution in [0.2, 0.25) is 0 Å². The molecule has 1 saturated heterocycles. The fourth-order valence-corrected chi connectivity index (χ4v) is 3.46. The number of aromatic nitrogens is 2. The first kappa shape index (κ1) is 19.4. The fraction of sp³-hybridized carbons (Fsp3) is 0.474. The Labute approximate surface area is 156 Å². The second-order valence-electron chi connectivity index (χ2n) is 6.95. The average Bonchev–Trinajstić information content (AvgIpc) is 3.08. The van der Waals surface area contributed by atoms with Crippen molar-refractivity contribution in [3.63, 3.8) is 0 Å². The van der Waals surface area contributed by atoms with Gasteiger partial charge in [-0.15, -0.1) is 0 Å². The maximum Gasteiger partial charge on any atom is 0.434 e. The van der Waals surface area contributed by atoms with E-state index in [9.17, 15) is 18.0 Å². The number of amides is 1. The third kappa shape index (κ3) is 4.16. The molecule has 0 radical (unpaired) electrons. The summed E-state index contributed by atoms with van der Waals surface area (Å²) in [6.45, 7) is 3.61. The lowest BCUT2D eigenvalue weighted by Gasteiger charge is -2.32. The number of aryl methyl sites for hydroxylation is 1. The number of hydrogen-bond acceptors (Lipinski definition) is 3. The Balaban J connectivity index is 1.90. The van der Waals surface area contributed by atoms with E-state index >= 15 is 0 Å². The average molecular weight is 380 g/mol. The van der Waals surface area contributed by atoms with Gasteiger partial charge < -0.3 is 10.2 Å². The van der Waals surface area contributed by atoms with Crippen molar-refractivity contribution in [1.29, 1.82) is 0 Å². The third-order valence-electron chi connectivity index (χ3n) is 4.94. The minimum atomic E-state index is -4.68. The number of nitrogens with zero attached hydrogens (tertiary/aromatic N) is 3. The van der Waals surface area contributed by atoms with E-state index in [0.29, 0.717) is 19.0 Å². The number of likely N-dealkylation sites (tertiary alicyclic amines) is 1. The lowest BCUT2D eigenvalue weighted by molar-refractivity contribution is -0.143. The van der Waals surface area contributed by atoms with Gasteiger partial charge in [0.2, 0.25) is 0 Å². The molecule has 3 rings (SSSR count). The van der Waals surface area contributed by atoms with E-state index in [-0.39, 0.29) is 5.69 Å². The Morgan fingerprint density at radius 1 is 1.22 bits per heavy atom. The highest BCUT2D eigenvalue weighted by molar-refractivity contribution is 5.95. The van der Waals surface area contributed by atoms with E-state index in [1.165, 1.54) is 4.90 Å². The second kappa shape index (κ2) is 7.72. The maximum absolute atomic E-state index is 13.8. The van der Waals surface area contributed by atoms with Crippen LogP contribution >= 0.6 is 0 Å². The highest BCUT2D eigenvalue weighted by Crippen LogP contribution is 2.34. The summed E-state index contributed by atoms with van der Waals surface area (Å²) in [5.74, 6) is -0.167. The number of piperidine rings is 1. The van der Waals surface area contributed by atoms with Gasteiger partial charge in [-0.3, -0.25) is 4.79 Å². The van der Waals surface area contributed by atoms with Crippen molar-refractivity contribution in [2.24, 2.45) is 5.92 Å². The van der Waals surface area contributed by atoms with Gasteiger partial charge in [0, 0.05) is 13.1 Å². The summed E-state index contributed by atoms with van der Waals surface area (Å²) in [7, 11) is 1.87. The molecule has 1 amide bonds. The molecular weight excluding hydrogens is 357 g/mol. The van der Waals surface area contributed by atoms with E-state index in [4.69, 9.17) is 0 Å². The van der Waals surface area contributed by atoms with Gasteiger partial charge in [-0.2, -0.15) is 18.3 Å². The quantitative estimate of drug-likeness (QED) is 0.886. The van der Waals surface area contributed by atoms with Crippen LogP contribution in [-0.4, -0.2) is 47.3 Å². The van der Waals surface area contributed by atoms with Crippen molar-refractivity contribution in [3.8, 4) is 5.69 Å². The number of carbonyl (C=O) groups excluding carboxylic acids is 1. The lowest BCUT2D eigenvalue weighted by Crippen LogP contribution is -2.41. The van der Waals surface area contributed by atoms with Crippen LogP contribution in [0.4, 0.5) is 13.2 Å². The Hall–Kier alpha value is -2.35. The third-order valence-corrected chi connectivity index (χ3v) is 4.94. The normalized spacial score (nSPS) is 16.0. The molecule has 1 aromatic carbocycles. The molecule has 0 saturated carbocycles. The summed E-state index contributed by atoms with van der Waals surface area (Å²) in [6, 6.07) is 6.56. The molecule has 5 nitrogen and oxygen atoms in total. The molecular formula is C19H23F3N4O. The lowest BCUT2D eigenvalue weighted by atomic mass is 9.96. The number of hydrogen-bond donors (Lipinski definition) is 1. The van der Waals surface area contributed by atoms with Crippen molar-refractivity contribution in [2.45, 2.75) is 25.9 Å². The van der Waals surface area contributed by atoms with Crippen LogP contribution in [0.3, 0.4) is 0 Å². The topological polar surface area (TPSA) is 50.2 Å². The van der Waals surface area contributed by atoms with Crippen molar-refractivity contribution in [1.82, 2.24) is 20.0 Å². The number of benzene rings is 1. The Morgan fingerprint density at radius 3 is 2.41 bits per heavy atom. The minimum absolute atomic E-state index is 0.278. The Bertz CT molecular complexity index is 790. The first-order valence-electron chi connectivity index (χ1n) is 8.97. The zero-order valence-electron chi connectivity index (χ0n) is 15.4. The van der Waals surface area contributed by atoms with Crippen molar-refractivity contribution >= 4 is 5.91 Å². The first-order valence-corrected chi connectivity index (χ1v) is 8.97. The summed E-state index contributed by atoms with van der Waals surface area (Å²) >= 11 is 0. The SMILES string of the molecule is CNCC1CCN(C(=O)c2cnn(-c3ccc(C)cc3)c2C(F)(F)F)CC1. The smallest absolute Gasteiger partial charge is 0.339 e. The van der Waals surface area contributed by atoms with Gasteiger partial charge in [-0.25, -0.2) is 4.68 Å². The van der Waals surface area contributed by atoms with Crippen LogP contribution in [0.5, 0.6) is 0 Å². The van der Waals surface area contributed by atoms with Gasteiger partial charge in [0.25, 0.3) is 5.91 Å². The van der Waals surface area contributed by atoms with Crippen molar-refractivity contribution in [3.05, 3.63) is 47.3 Å². The number of nitrogens with one attached hydrogen (secondary N) is 1. The van der Waals surface area contributed by atoms with Gasteiger partial charge in [0.05, 0.1) is 17.4 Å². The molecule has 0 spiro atoms. The summed E-state index contributed by atoms with van der Waals surface area (Å²) in [5, 5.41) is 6.98. The molecule has 1 fully saturated rings. The molecule has 1 aromatic heterocycles. The van der Waals surface area contributed by atoms with Crippen molar-refractivity contribution in [2.75, 3.05) is 26.7 Å². The number of carbonyl (C=O) groups is 1. The molecule has 2 heterocycles. The largest absolute Gasteiger partial charge is 0.434 e. The minimum Gasteiger partial charge on any atom is -0.339 e. The molecule has 1 aliphatic heterocycles. The molecule has 1 N–H and O–H groups in total. The van der Waals surface area contributed by atoms with Crippen LogP contribution in [0.25, 0.3) is 5.69 Å². The molecule has 1 aliphatic rings. The highest BCUT2D eigenvalue weighted by atomic mass is 19.4. The van der Waals surface area contributed by atoms with E-state index in [0.717, 1.165) is 35.8 Å². The Morgan fingerprint density at radius 2 is 1.85 bits per heavy atom. The predicted octanol–water partition coefficient (Wildman–Crippen LogP) is 3.27. The monoisotopic (exact) mass is 380 g/mol. The molecule has 0 aliphatic carbocycles. The fourth-order valence-electron chi connectivity index (χ4n) is 3.46. The van der Waals surface area contributed by atoms with Gasteiger partial charge in [0.15, 0.2) is 5.69 Å². The number of halogens is 3. The summed E-state index contributed by atoms with van der Waals surface area (Å²) in [6.07, 6.45) is -2.10. The van der Waals surface area contributed by atoms with Gasteiger partial charge >= 0.3 is 6.18 Å². The van der Waals surface area contributed by atoms with Crippen LogP contribution in [0.15, 0.2) is 30.5 Å². The van der Waals surface area contributed by atoms with Crippen LogP contribution in [0, 0.1) is 12.8 Å². The highest BCUT2D eigenvalue weighted by Gasteiger charge is 2.41. The van der Waals surface area contributed by atoms with Crippen molar-refractivity contribution < 1.29 is 18.0 Å². The second-order valence-corrected chi connectivity index (χ2v) is 6.95. The van der Waals surface area contributed by atoms with Crippen LogP contribution in [0.1, 0.15) is 34.5 Å². The van der Waals surface area contributed by atoms with Gasteiger partial charge in [-0.05, 0) is 51.4 Å². The summed E-state index contributed by atoms with van der Waals surface area (Å²) in [5.41, 5.74) is -0.205. The predicted molar refractivity (Wildman–Crippen MR) is 95.9 cm³/mol. The molecule has 2 aromatic rings. The molecule has 0 atom stereocenters. The zero-order chi connectivity index (χ0) is 19.6. The zero-order valence-corrected chi connectivity index (χ0v) is 15.4. The van der Waals surface area contributed by atoms with Gasteiger partial charge in [-0.1, -0.05) is 17.7 Å². The summed E-state index contributed by atoms with van der Waals surface area (Å²) in [4.78, 5) is 14.3. The molecule has 8 heteroatoms. The molecule has 146 valence electrons. The molecule has 0 bridgehead atoms. The summed E-state index contributed by atoms with van der Waals surface area (Å²) < 4.78 is 42.1. The number of rotatable bonds is 4. The van der Waals surface area contributed by atoms with E-state index in [2.05, 4.69) is 10.4 Å². The molecule has 27 heavy (non-hydrogen) atoms. The number of alkyl halides is 3.